The van der Waals surface area contributed by atoms with Crippen molar-refractivity contribution in [2.75, 3.05) is 0 Å². The minimum absolute atomic E-state index is 0.00161. The summed E-state index contributed by atoms with van der Waals surface area (Å²) in [5.41, 5.74) is 0.241. The Morgan fingerprint density at radius 3 is 2.63 bits per heavy atom. The molecule has 1 saturated carbocycles. The van der Waals surface area contributed by atoms with E-state index in [9.17, 15) is 14.4 Å². The molecule has 3 unspecified atom stereocenters. The summed E-state index contributed by atoms with van der Waals surface area (Å²) < 4.78 is 4.98. The smallest absolute Gasteiger partial charge is 0.333 e. The molecule has 0 aromatic carbocycles. The van der Waals surface area contributed by atoms with E-state index in [2.05, 4.69) is 6.58 Å². The lowest BCUT2D eigenvalue weighted by atomic mass is 9.76. The van der Waals surface area contributed by atoms with Crippen molar-refractivity contribution < 1.29 is 19.1 Å². The van der Waals surface area contributed by atoms with E-state index in [0.29, 0.717) is 0 Å². The van der Waals surface area contributed by atoms with Crippen molar-refractivity contribution in [3.63, 3.8) is 0 Å². The molecule has 3 atom stereocenters. The summed E-state index contributed by atoms with van der Waals surface area (Å²) in [6, 6.07) is 0.0136. The molecule has 0 spiro atoms. The van der Waals surface area contributed by atoms with Gasteiger partial charge in [0, 0.05) is 5.57 Å². The number of hydrogen-bond donors (Lipinski definition) is 0. The molecule has 1 heterocycles. The molecule has 19 heavy (non-hydrogen) atoms. The highest BCUT2D eigenvalue weighted by molar-refractivity contribution is 6.04. The lowest BCUT2D eigenvalue weighted by molar-refractivity contribution is -0.177. The minimum Gasteiger partial charge on any atom is -0.449 e. The molecule has 0 aromatic heterocycles. The largest absolute Gasteiger partial charge is 0.449 e. The van der Waals surface area contributed by atoms with Crippen molar-refractivity contribution in [3.05, 3.63) is 12.2 Å². The van der Waals surface area contributed by atoms with E-state index >= 15 is 0 Å². The number of amides is 2. The van der Waals surface area contributed by atoms with Gasteiger partial charge in [-0.2, -0.15) is 0 Å². The molecule has 5 heteroatoms. The minimum atomic E-state index is -0.934. The van der Waals surface area contributed by atoms with Crippen molar-refractivity contribution in [1.29, 1.82) is 0 Å². The summed E-state index contributed by atoms with van der Waals surface area (Å²) in [4.78, 5) is 36.7. The Bertz CT molecular complexity index is 443. The first-order chi connectivity index (χ1) is 8.93. The first-order valence-electron chi connectivity index (χ1n) is 6.67. The van der Waals surface area contributed by atoms with Crippen LogP contribution >= 0.6 is 0 Å². The lowest BCUT2D eigenvalue weighted by Crippen LogP contribution is -2.65. The van der Waals surface area contributed by atoms with Gasteiger partial charge in [-0.05, 0) is 26.7 Å². The van der Waals surface area contributed by atoms with Crippen LogP contribution in [0.25, 0.3) is 0 Å². The van der Waals surface area contributed by atoms with E-state index in [1.54, 1.807) is 0 Å². The number of imide groups is 1. The monoisotopic (exact) mass is 265 g/mol. The predicted molar refractivity (Wildman–Crippen MR) is 68.0 cm³/mol. The van der Waals surface area contributed by atoms with Gasteiger partial charge in [0.05, 0.1) is 12.0 Å². The van der Waals surface area contributed by atoms with Crippen LogP contribution < -0.4 is 0 Å². The van der Waals surface area contributed by atoms with Crippen LogP contribution in [0.3, 0.4) is 0 Å². The molecule has 2 rings (SSSR count). The molecule has 2 amide bonds. The van der Waals surface area contributed by atoms with Crippen LogP contribution in [0.1, 0.15) is 39.5 Å². The van der Waals surface area contributed by atoms with Crippen LogP contribution in [0.5, 0.6) is 0 Å². The SMILES string of the molecule is C=C(C)C(=O)OC(C)C(=O)N1C(=O)C2CCCCC21. The average molecular weight is 265 g/mol. The van der Waals surface area contributed by atoms with Crippen LogP contribution in [-0.4, -0.2) is 34.8 Å². The van der Waals surface area contributed by atoms with Gasteiger partial charge >= 0.3 is 5.97 Å². The second-order valence-electron chi connectivity index (χ2n) is 5.33. The Morgan fingerprint density at radius 2 is 2.00 bits per heavy atom. The zero-order valence-corrected chi connectivity index (χ0v) is 11.3. The van der Waals surface area contributed by atoms with Crippen molar-refractivity contribution in [1.82, 2.24) is 4.90 Å². The fraction of sp³-hybridized carbons (Fsp3) is 0.643. The van der Waals surface area contributed by atoms with Crippen molar-refractivity contribution in [2.24, 2.45) is 5.92 Å². The van der Waals surface area contributed by atoms with E-state index in [1.807, 2.05) is 0 Å². The molecule has 0 radical (unpaired) electrons. The average Bonchev–Trinajstić information content (AvgIpc) is 2.37. The van der Waals surface area contributed by atoms with Gasteiger partial charge < -0.3 is 4.74 Å². The van der Waals surface area contributed by atoms with E-state index < -0.39 is 18.0 Å². The first-order valence-corrected chi connectivity index (χ1v) is 6.67. The Labute approximate surface area is 112 Å². The highest BCUT2D eigenvalue weighted by Crippen LogP contribution is 2.38. The number of fused-ring (bicyclic) bond motifs is 1. The van der Waals surface area contributed by atoms with Crippen LogP contribution in [0.2, 0.25) is 0 Å². The van der Waals surface area contributed by atoms with Crippen LogP contribution in [-0.2, 0) is 19.1 Å². The lowest BCUT2D eigenvalue weighted by Gasteiger charge is -2.48. The third-order valence-electron chi connectivity index (χ3n) is 3.83. The predicted octanol–water partition coefficient (Wildman–Crippen LogP) is 1.42. The van der Waals surface area contributed by atoms with Crippen molar-refractivity contribution in [3.8, 4) is 0 Å². The van der Waals surface area contributed by atoms with Crippen LogP contribution in [0, 0.1) is 5.92 Å². The van der Waals surface area contributed by atoms with E-state index in [4.69, 9.17) is 4.74 Å². The fourth-order valence-electron chi connectivity index (χ4n) is 2.75. The van der Waals surface area contributed by atoms with Gasteiger partial charge in [-0.1, -0.05) is 19.4 Å². The van der Waals surface area contributed by atoms with E-state index in [0.717, 1.165) is 25.7 Å². The summed E-state index contributed by atoms with van der Waals surface area (Å²) in [6.07, 6.45) is 2.89. The van der Waals surface area contributed by atoms with Crippen LogP contribution in [0.15, 0.2) is 12.2 Å². The third kappa shape index (κ3) is 2.41. The Hall–Kier alpha value is -1.65. The van der Waals surface area contributed by atoms with Gasteiger partial charge in [-0.3, -0.25) is 14.5 Å². The van der Waals surface area contributed by atoms with Gasteiger partial charge in [-0.25, -0.2) is 4.79 Å². The van der Waals surface area contributed by atoms with Gasteiger partial charge in [0.1, 0.15) is 0 Å². The number of carbonyl (C=O) groups is 3. The van der Waals surface area contributed by atoms with Crippen molar-refractivity contribution in [2.45, 2.75) is 51.7 Å². The molecule has 0 bridgehead atoms. The Kier molecular flexibility index (Phi) is 3.73. The standard InChI is InChI=1S/C14H19NO4/c1-8(2)14(18)19-9(3)12(16)15-11-7-5-4-6-10(11)13(15)17/h9-11H,1,4-7H2,2-3H3. The normalized spacial score (nSPS) is 27.1. The number of nitrogens with zero attached hydrogens (tertiary/aromatic N) is 1. The summed E-state index contributed by atoms with van der Waals surface area (Å²) >= 11 is 0. The maximum Gasteiger partial charge on any atom is 0.333 e. The van der Waals surface area contributed by atoms with Gasteiger partial charge in [-0.15, -0.1) is 0 Å². The number of carbonyl (C=O) groups excluding carboxylic acids is 3. The van der Waals surface area contributed by atoms with Gasteiger partial charge in [0.15, 0.2) is 6.10 Å². The number of esters is 1. The highest BCUT2D eigenvalue weighted by Gasteiger charge is 2.52. The molecule has 1 saturated heterocycles. The molecule has 2 fully saturated rings. The van der Waals surface area contributed by atoms with Crippen molar-refractivity contribution >= 4 is 17.8 Å². The Morgan fingerprint density at radius 1 is 1.37 bits per heavy atom. The second-order valence-corrected chi connectivity index (χ2v) is 5.33. The topological polar surface area (TPSA) is 63.7 Å². The maximum atomic E-state index is 12.1. The second kappa shape index (κ2) is 5.15. The van der Waals surface area contributed by atoms with E-state index in [-0.39, 0.29) is 23.4 Å². The highest BCUT2D eigenvalue weighted by atomic mass is 16.5. The summed E-state index contributed by atoms with van der Waals surface area (Å²) in [5.74, 6) is -1.13. The third-order valence-corrected chi connectivity index (χ3v) is 3.83. The first kappa shape index (κ1) is 13.8. The van der Waals surface area contributed by atoms with Gasteiger partial charge in [0.25, 0.3) is 5.91 Å². The zero-order chi connectivity index (χ0) is 14.2. The molecule has 2 aliphatic rings. The molecule has 0 aromatic rings. The van der Waals surface area contributed by atoms with E-state index in [1.165, 1.54) is 18.7 Å². The number of hydrogen-bond acceptors (Lipinski definition) is 4. The number of β-lactam (4-membered cyclic amide) rings is 1. The summed E-state index contributed by atoms with van der Waals surface area (Å²) in [7, 11) is 0. The number of ether oxygens (including phenoxy) is 1. The zero-order valence-electron chi connectivity index (χ0n) is 11.3. The molecule has 5 nitrogen and oxygen atoms in total. The molecule has 1 aliphatic heterocycles. The van der Waals surface area contributed by atoms with Crippen LogP contribution in [0.4, 0.5) is 0 Å². The maximum absolute atomic E-state index is 12.1. The number of likely N-dealkylation sites (tertiary alicyclic amines) is 1. The summed E-state index contributed by atoms with van der Waals surface area (Å²) in [6.45, 7) is 6.47. The molecular formula is C14H19NO4. The molecule has 1 aliphatic carbocycles. The Balaban J connectivity index is 1.98. The molecular weight excluding hydrogens is 246 g/mol. The quantitative estimate of drug-likeness (QED) is 0.440. The molecule has 104 valence electrons. The fourth-order valence-corrected chi connectivity index (χ4v) is 2.75. The summed E-state index contributed by atoms with van der Waals surface area (Å²) in [5, 5.41) is 0. The molecule has 0 N–H and O–H groups in total. The van der Waals surface area contributed by atoms with Gasteiger partial charge in [0.2, 0.25) is 5.91 Å². The number of rotatable bonds is 3.